The maximum absolute atomic E-state index is 11.0. The van der Waals surface area contributed by atoms with Gasteiger partial charge in [-0.1, -0.05) is 18.2 Å². The molecule has 0 unspecified atom stereocenters. The Hall–Kier alpha value is -1.94. The predicted octanol–water partition coefficient (Wildman–Crippen LogP) is 2.36. The Morgan fingerprint density at radius 3 is 1.50 bits per heavy atom. The van der Waals surface area contributed by atoms with Gasteiger partial charge in [0.05, 0.1) is 0 Å². The topological polar surface area (TPSA) is 112 Å². The van der Waals surface area contributed by atoms with E-state index in [4.69, 9.17) is 15.3 Å². The lowest BCUT2D eigenvalue weighted by atomic mass is 10.4. The Morgan fingerprint density at radius 2 is 1.19 bits per heavy atom. The SMILES string of the molecule is O=C(O)[P+](C(=O)O)(C(=O)O)c1ccccc1. The predicted molar refractivity (Wildman–Crippen MR) is 57.1 cm³/mol. The molecule has 0 radical (unpaired) electrons. The molecule has 0 aliphatic rings. The van der Waals surface area contributed by atoms with Gasteiger partial charge in [0.1, 0.15) is 5.30 Å². The maximum Gasteiger partial charge on any atom is 0.479 e. The van der Waals surface area contributed by atoms with E-state index in [1.165, 1.54) is 24.3 Å². The molecule has 3 N–H and O–H groups in total. The Bertz CT molecular complexity index is 405. The fourth-order valence-corrected chi connectivity index (χ4v) is 3.00. The minimum absolute atomic E-state index is 0.192. The average molecular weight is 243 g/mol. The summed E-state index contributed by atoms with van der Waals surface area (Å²) in [6.07, 6.45) is 0. The molecule has 0 heterocycles. The molecule has 0 fully saturated rings. The number of hydrogen-bond acceptors (Lipinski definition) is 3. The molecule has 0 atom stereocenters. The van der Waals surface area contributed by atoms with Crippen molar-refractivity contribution in [2.75, 3.05) is 0 Å². The van der Waals surface area contributed by atoms with Gasteiger partial charge in [-0.3, -0.25) is 0 Å². The summed E-state index contributed by atoms with van der Waals surface area (Å²) < 4.78 is 0. The first-order valence-corrected chi connectivity index (χ1v) is 5.88. The van der Waals surface area contributed by atoms with E-state index in [1.54, 1.807) is 6.07 Å². The highest BCUT2D eigenvalue weighted by atomic mass is 31.2. The molecule has 0 bridgehead atoms. The molecule has 0 amide bonds. The van der Waals surface area contributed by atoms with Gasteiger partial charge in [-0.25, -0.2) is 14.4 Å². The summed E-state index contributed by atoms with van der Waals surface area (Å²) in [6.45, 7) is 0. The summed E-state index contributed by atoms with van der Waals surface area (Å²) in [4.78, 5) is 33.0. The van der Waals surface area contributed by atoms with Crippen LogP contribution in [0.5, 0.6) is 0 Å². The molecule has 0 aliphatic heterocycles. The zero-order chi connectivity index (χ0) is 12.3. The van der Waals surface area contributed by atoms with Crippen molar-refractivity contribution in [3.8, 4) is 0 Å². The van der Waals surface area contributed by atoms with Gasteiger partial charge in [0.25, 0.3) is 0 Å². The fourth-order valence-electron chi connectivity index (χ4n) is 1.23. The third-order valence-electron chi connectivity index (χ3n) is 2.00. The lowest BCUT2D eigenvalue weighted by Crippen LogP contribution is -2.29. The minimum Gasteiger partial charge on any atom is -0.450 e. The molecule has 0 spiro atoms. The number of carboxylic acid groups (broad SMARTS) is 3. The first-order valence-electron chi connectivity index (χ1n) is 4.09. The average Bonchev–Trinajstić information content (AvgIpc) is 2.18. The molecule has 1 aromatic carbocycles. The van der Waals surface area contributed by atoms with Crippen molar-refractivity contribution in [2.45, 2.75) is 0 Å². The third-order valence-corrected chi connectivity index (χ3v) is 4.80. The van der Waals surface area contributed by atoms with Gasteiger partial charge in [-0.15, -0.1) is 0 Å². The van der Waals surface area contributed by atoms with Crippen LogP contribution in [0.1, 0.15) is 0 Å². The zero-order valence-electron chi connectivity index (χ0n) is 7.90. The highest BCUT2D eigenvalue weighted by Gasteiger charge is 2.67. The molecule has 84 valence electrons. The monoisotopic (exact) mass is 243 g/mol. The lowest BCUT2D eigenvalue weighted by Gasteiger charge is -2.09. The van der Waals surface area contributed by atoms with Crippen LogP contribution in [0.15, 0.2) is 30.3 Å². The second kappa shape index (κ2) is 4.28. The number of carbonyl (C=O) groups is 3. The molecule has 1 rings (SSSR count). The van der Waals surface area contributed by atoms with Gasteiger partial charge in [-0.2, -0.15) is 0 Å². The summed E-state index contributed by atoms with van der Waals surface area (Å²) in [5, 5.41) is 26.5. The van der Waals surface area contributed by atoms with Crippen LogP contribution in [0, 0.1) is 0 Å². The Kier molecular flexibility index (Phi) is 3.25. The Labute approximate surface area is 90.5 Å². The van der Waals surface area contributed by atoms with Crippen molar-refractivity contribution in [3.05, 3.63) is 30.3 Å². The number of benzene rings is 1. The standard InChI is InChI=1S/C9H7O6P/c10-7(11)16(8(12)13,9(14)15)6-4-2-1-3-5-6/h1-5H,(H2-,10,11,12,13,14,15)/p+1. The van der Waals surface area contributed by atoms with Crippen LogP contribution < -0.4 is 5.30 Å². The van der Waals surface area contributed by atoms with E-state index in [2.05, 4.69) is 0 Å². The van der Waals surface area contributed by atoms with Crippen LogP contribution in [-0.2, 0) is 0 Å². The Balaban J connectivity index is 3.52. The number of hydrogen-bond donors (Lipinski definition) is 3. The smallest absolute Gasteiger partial charge is 0.450 e. The van der Waals surface area contributed by atoms with Crippen LogP contribution in [0.4, 0.5) is 14.4 Å². The largest absolute Gasteiger partial charge is 0.479 e. The van der Waals surface area contributed by atoms with Crippen molar-refractivity contribution in [2.24, 2.45) is 0 Å². The van der Waals surface area contributed by atoms with Crippen molar-refractivity contribution in [3.63, 3.8) is 0 Å². The molecule has 0 saturated heterocycles. The summed E-state index contributed by atoms with van der Waals surface area (Å²) in [6, 6.07) is 6.75. The Morgan fingerprint density at radius 1 is 0.812 bits per heavy atom. The van der Waals surface area contributed by atoms with E-state index in [0.29, 0.717) is 0 Å². The lowest BCUT2D eigenvalue weighted by molar-refractivity contribution is 0.208. The first-order chi connectivity index (χ1) is 7.44. The van der Waals surface area contributed by atoms with E-state index in [0.717, 1.165) is 0 Å². The summed E-state index contributed by atoms with van der Waals surface area (Å²) >= 11 is 0. The minimum atomic E-state index is -4.31. The first kappa shape index (κ1) is 12.1. The van der Waals surface area contributed by atoms with Gasteiger partial charge < -0.3 is 15.3 Å². The maximum atomic E-state index is 11.0. The van der Waals surface area contributed by atoms with E-state index in [1.807, 2.05) is 0 Å². The molecule has 1 aromatic rings. The van der Waals surface area contributed by atoms with Crippen LogP contribution in [0.2, 0.25) is 0 Å². The molecule has 16 heavy (non-hydrogen) atoms. The van der Waals surface area contributed by atoms with Crippen molar-refractivity contribution in [1.82, 2.24) is 0 Å². The molecule has 6 nitrogen and oxygen atoms in total. The van der Waals surface area contributed by atoms with Crippen molar-refractivity contribution < 1.29 is 29.7 Å². The van der Waals surface area contributed by atoms with Crippen molar-refractivity contribution in [1.29, 1.82) is 0 Å². The summed E-state index contributed by atoms with van der Waals surface area (Å²) in [5.74, 6) is 0. The van der Waals surface area contributed by atoms with Gasteiger partial charge in [0, 0.05) is 0 Å². The van der Waals surface area contributed by atoms with Crippen LogP contribution in [-0.4, -0.2) is 32.5 Å². The van der Waals surface area contributed by atoms with E-state index >= 15 is 0 Å². The number of rotatable bonds is 4. The summed E-state index contributed by atoms with van der Waals surface area (Å²) in [7, 11) is -4.31. The molecule has 0 saturated carbocycles. The van der Waals surface area contributed by atoms with Crippen LogP contribution >= 0.6 is 7.26 Å². The van der Waals surface area contributed by atoms with E-state index in [9.17, 15) is 14.4 Å². The van der Waals surface area contributed by atoms with E-state index in [-0.39, 0.29) is 5.30 Å². The molecule has 7 heteroatoms. The van der Waals surface area contributed by atoms with Gasteiger partial charge >= 0.3 is 24.4 Å². The summed E-state index contributed by atoms with van der Waals surface area (Å²) in [5.41, 5.74) is -5.46. The molecule has 0 aromatic heterocycles. The van der Waals surface area contributed by atoms with Crippen molar-refractivity contribution >= 4 is 29.7 Å². The van der Waals surface area contributed by atoms with Crippen LogP contribution in [0.3, 0.4) is 0 Å². The highest BCUT2D eigenvalue weighted by Crippen LogP contribution is 2.59. The highest BCUT2D eigenvalue weighted by molar-refractivity contribution is 8.19. The normalized spacial score (nSPS) is 10.8. The second-order valence-electron chi connectivity index (χ2n) is 2.85. The second-order valence-corrected chi connectivity index (χ2v) is 5.86. The third kappa shape index (κ3) is 1.63. The van der Waals surface area contributed by atoms with Gasteiger partial charge in [0.2, 0.25) is 0 Å². The van der Waals surface area contributed by atoms with Gasteiger partial charge in [-0.05, 0) is 12.1 Å². The van der Waals surface area contributed by atoms with Crippen LogP contribution in [0.25, 0.3) is 0 Å². The van der Waals surface area contributed by atoms with Gasteiger partial charge in [0.15, 0.2) is 0 Å². The molecular formula is C9H8O6P+. The molecular weight excluding hydrogens is 235 g/mol. The van der Waals surface area contributed by atoms with E-state index < -0.39 is 24.4 Å². The molecule has 0 aliphatic carbocycles. The zero-order valence-corrected chi connectivity index (χ0v) is 8.79. The fraction of sp³-hybridized carbons (Fsp3) is 0. The quantitative estimate of drug-likeness (QED) is 0.699.